The molecule has 0 radical (unpaired) electrons. The molecule has 26 heavy (non-hydrogen) atoms. The first kappa shape index (κ1) is 18.0. The first-order valence-corrected chi connectivity index (χ1v) is 9.00. The normalized spacial score (nSPS) is 11.8. The Balaban J connectivity index is 1.57. The van der Waals surface area contributed by atoms with Gasteiger partial charge in [0.15, 0.2) is 0 Å². The van der Waals surface area contributed by atoms with Gasteiger partial charge in [0.05, 0.1) is 12.4 Å². The Morgan fingerprint density at radius 1 is 1.15 bits per heavy atom. The summed E-state index contributed by atoms with van der Waals surface area (Å²) in [5.74, 6) is 1.08. The zero-order chi connectivity index (χ0) is 18.4. The van der Waals surface area contributed by atoms with E-state index in [-0.39, 0.29) is 11.2 Å². The van der Waals surface area contributed by atoms with Gasteiger partial charge in [0.1, 0.15) is 5.75 Å². The van der Waals surface area contributed by atoms with Crippen LogP contribution in [0.15, 0.2) is 64.2 Å². The molecule has 3 rings (SSSR count). The van der Waals surface area contributed by atoms with Crippen molar-refractivity contribution in [3.8, 4) is 17.2 Å². The van der Waals surface area contributed by atoms with E-state index in [1.807, 2.05) is 54.6 Å². The highest BCUT2D eigenvalue weighted by atomic mass is 32.2. The van der Waals surface area contributed by atoms with Crippen molar-refractivity contribution in [2.45, 2.75) is 23.9 Å². The SMILES string of the molecule is COc1ccccc1CNC(=O)[C@H](C)Sc1nnc(-c2ccccc2)o1. The molecule has 0 unspecified atom stereocenters. The van der Waals surface area contributed by atoms with E-state index in [0.29, 0.717) is 17.7 Å². The van der Waals surface area contributed by atoms with Gasteiger partial charge in [0.25, 0.3) is 5.22 Å². The van der Waals surface area contributed by atoms with Crippen molar-refractivity contribution >= 4 is 17.7 Å². The summed E-state index contributed by atoms with van der Waals surface area (Å²) in [5.41, 5.74) is 1.77. The predicted octanol–water partition coefficient (Wildman–Crippen LogP) is 3.54. The van der Waals surface area contributed by atoms with Gasteiger partial charge in [0, 0.05) is 17.7 Å². The molecule has 7 heteroatoms. The van der Waals surface area contributed by atoms with Gasteiger partial charge < -0.3 is 14.5 Å². The van der Waals surface area contributed by atoms with Crippen molar-refractivity contribution in [3.05, 3.63) is 60.2 Å². The van der Waals surface area contributed by atoms with Crippen molar-refractivity contribution in [3.63, 3.8) is 0 Å². The minimum Gasteiger partial charge on any atom is -0.496 e. The summed E-state index contributed by atoms with van der Waals surface area (Å²) in [4.78, 5) is 12.3. The number of methoxy groups -OCH3 is 1. The van der Waals surface area contributed by atoms with Crippen LogP contribution in [0.4, 0.5) is 0 Å². The Kier molecular flexibility index (Phi) is 5.91. The molecule has 1 amide bonds. The Labute approximate surface area is 156 Å². The molecule has 0 aliphatic rings. The van der Waals surface area contributed by atoms with Crippen molar-refractivity contribution in [1.82, 2.24) is 15.5 Å². The number of hydrogen-bond donors (Lipinski definition) is 1. The maximum atomic E-state index is 12.3. The van der Waals surface area contributed by atoms with Crippen molar-refractivity contribution < 1.29 is 13.9 Å². The molecule has 1 aromatic heterocycles. The van der Waals surface area contributed by atoms with Gasteiger partial charge in [-0.25, -0.2) is 0 Å². The lowest BCUT2D eigenvalue weighted by molar-refractivity contribution is -0.120. The summed E-state index contributed by atoms with van der Waals surface area (Å²) >= 11 is 1.23. The Morgan fingerprint density at radius 2 is 1.88 bits per heavy atom. The maximum absolute atomic E-state index is 12.3. The molecular formula is C19H19N3O3S. The third-order valence-corrected chi connectivity index (χ3v) is 4.65. The molecule has 1 atom stereocenters. The molecule has 0 aliphatic heterocycles. The van der Waals surface area contributed by atoms with E-state index in [1.165, 1.54) is 11.8 Å². The number of benzene rings is 2. The number of nitrogens with zero attached hydrogens (tertiary/aromatic N) is 2. The molecule has 0 spiro atoms. The van der Waals surface area contributed by atoms with Crippen LogP contribution in [0.5, 0.6) is 5.75 Å². The summed E-state index contributed by atoms with van der Waals surface area (Å²) in [6.07, 6.45) is 0. The van der Waals surface area contributed by atoms with E-state index < -0.39 is 0 Å². The van der Waals surface area contributed by atoms with Crippen LogP contribution in [0.3, 0.4) is 0 Å². The number of rotatable bonds is 7. The fourth-order valence-corrected chi connectivity index (χ4v) is 3.04. The van der Waals surface area contributed by atoms with E-state index in [4.69, 9.17) is 9.15 Å². The van der Waals surface area contributed by atoms with E-state index in [1.54, 1.807) is 14.0 Å². The first-order chi connectivity index (χ1) is 12.7. The minimum atomic E-state index is -0.367. The fraction of sp³-hybridized carbons (Fsp3) is 0.211. The number of ether oxygens (including phenoxy) is 1. The van der Waals surface area contributed by atoms with E-state index >= 15 is 0 Å². The predicted molar refractivity (Wildman–Crippen MR) is 99.9 cm³/mol. The summed E-state index contributed by atoms with van der Waals surface area (Å²) in [7, 11) is 1.61. The summed E-state index contributed by atoms with van der Waals surface area (Å²) in [6, 6.07) is 17.1. The van der Waals surface area contributed by atoms with Crippen LogP contribution in [0, 0.1) is 0 Å². The average molecular weight is 369 g/mol. The van der Waals surface area contributed by atoms with Crippen LogP contribution in [0.2, 0.25) is 0 Å². The molecule has 3 aromatic rings. The number of amides is 1. The molecule has 2 aromatic carbocycles. The van der Waals surface area contributed by atoms with Gasteiger partial charge in [-0.15, -0.1) is 10.2 Å². The smallest absolute Gasteiger partial charge is 0.277 e. The second-order valence-electron chi connectivity index (χ2n) is 5.53. The maximum Gasteiger partial charge on any atom is 0.277 e. The molecule has 6 nitrogen and oxygen atoms in total. The highest BCUT2D eigenvalue weighted by Gasteiger charge is 2.19. The standard InChI is InChI=1S/C19H19N3O3S/c1-13(17(23)20-12-15-10-6-7-11-16(15)24-2)26-19-22-21-18(25-19)14-8-4-3-5-9-14/h3-11,13H,12H2,1-2H3,(H,20,23)/t13-/m0/s1. The van der Waals surface area contributed by atoms with Gasteiger partial charge in [-0.3, -0.25) is 4.79 Å². The van der Waals surface area contributed by atoms with Crippen LogP contribution in [0.25, 0.3) is 11.5 Å². The quantitative estimate of drug-likeness (QED) is 0.642. The molecule has 0 aliphatic carbocycles. The van der Waals surface area contributed by atoms with Crippen LogP contribution >= 0.6 is 11.8 Å². The van der Waals surface area contributed by atoms with Crippen LogP contribution in [-0.2, 0) is 11.3 Å². The number of aromatic nitrogens is 2. The number of thioether (sulfide) groups is 1. The fourth-order valence-electron chi connectivity index (χ4n) is 2.33. The van der Waals surface area contributed by atoms with Gasteiger partial charge >= 0.3 is 0 Å². The average Bonchev–Trinajstić information content (AvgIpc) is 3.15. The number of para-hydroxylation sites is 1. The van der Waals surface area contributed by atoms with Crippen LogP contribution < -0.4 is 10.1 Å². The Bertz CT molecular complexity index is 867. The van der Waals surface area contributed by atoms with Gasteiger partial charge in [0.2, 0.25) is 11.8 Å². The summed E-state index contributed by atoms with van der Waals surface area (Å²) in [5, 5.41) is 10.9. The van der Waals surface area contributed by atoms with Gasteiger partial charge in [-0.1, -0.05) is 48.2 Å². The zero-order valence-corrected chi connectivity index (χ0v) is 15.3. The highest BCUT2D eigenvalue weighted by Crippen LogP contribution is 2.26. The van der Waals surface area contributed by atoms with Gasteiger partial charge in [-0.2, -0.15) is 0 Å². The second kappa shape index (κ2) is 8.53. The van der Waals surface area contributed by atoms with E-state index in [9.17, 15) is 4.79 Å². The van der Waals surface area contributed by atoms with E-state index in [0.717, 1.165) is 16.9 Å². The van der Waals surface area contributed by atoms with Crippen LogP contribution in [-0.4, -0.2) is 28.5 Å². The van der Waals surface area contributed by atoms with Gasteiger partial charge in [-0.05, 0) is 25.1 Å². The molecule has 1 heterocycles. The zero-order valence-electron chi connectivity index (χ0n) is 14.5. The minimum absolute atomic E-state index is 0.111. The number of hydrogen-bond acceptors (Lipinski definition) is 6. The summed E-state index contributed by atoms with van der Waals surface area (Å²) in [6.45, 7) is 2.20. The lowest BCUT2D eigenvalue weighted by Gasteiger charge is -2.12. The molecule has 0 bridgehead atoms. The van der Waals surface area contributed by atoms with Crippen molar-refractivity contribution in [2.75, 3.05) is 7.11 Å². The van der Waals surface area contributed by atoms with Crippen LogP contribution in [0.1, 0.15) is 12.5 Å². The monoisotopic (exact) mass is 369 g/mol. The Hall–Kier alpha value is -2.80. The molecule has 0 saturated heterocycles. The number of nitrogens with one attached hydrogen (secondary N) is 1. The Morgan fingerprint density at radius 3 is 2.65 bits per heavy atom. The lowest BCUT2D eigenvalue weighted by atomic mass is 10.2. The molecular weight excluding hydrogens is 350 g/mol. The largest absolute Gasteiger partial charge is 0.496 e. The lowest BCUT2D eigenvalue weighted by Crippen LogP contribution is -2.30. The van der Waals surface area contributed by atoms with Crippen molar-refractivity contribution in [2.24, 2.45) is 0 Å². The first-order valence-electron chi connectivity index (χ1n) is 8.12. The number of carbonyl (C=O) groups is 1. The molecule has 0 fully saturated rings. The van der Waals surface area contributed by atoms with E-state index in [2.05, 4.69) is 15.5 Å². The molecule has 0 saturated carbocycles. The van der Waals surface area contributed by atoms with Crippen molar-refractivity contribution in [1.29, 1.82) is 0 Å². The topological polar surface area (TPSA) is 77.2 Å². The third kappa shape index (κ3) is 4.43. The number of carbonyl (C=O) groups excluding carboxylic acids is 1. The second-order valence-corrected chi connectivity index (χ2v) is 6.82. The molecule has 1 N–H and O–H groups in total. The third-order valence-electron chi connectivity index (χ3n) is 3.72. The highest BCUT2D eigenvalue weighted by molar-refractivity contribution is 8.00. The molecule has 134 valence electrons. The summed E-state index contributed by atoms with van der Waals surface area (Å²) < 4.78 is 10.9.